The molecule has 0 spiro atoms. The number of anilines is 1. The lowest BCUT2D eigenvalue weighted by atomic mass is 9.66. The highest BCUT2D eigenvalue weighted by atomic mass is 16.5. The maximum atomic E-state index is 12.5. The van der Waals surface area contributed by atoms with Crippen LogP contribution in [0, 0.1) is 29.6 Å². The van der Waals surface area contributed by atoms with Crippen molar-refractivity contribution >= 4 is 11.6 Å². The monoisotopic (exact) mass is 407 g/mol. The summed E-state index contributed by atoms with van der Waals surface area (Å²) in [5.41, 5.74) is 3.25. The summed E-state index contributed by atoms with van der Waals surface area (Å²) in [6, 6.07) is 9.59. The van der Waals surface area contributed by atoms with E-state index in [0.717, 1.165) is 35.8 Å². The fourth-order valence-electron chi connectivity index (χ4n) is 4.23. The molecular formula is C25H33N3O2. The van der Waals surface area contributed by atoms with Gasteiger partial charge in [0.2, 0.25) is 5.91 Å². The molecule has 2 aromatic rings. The first kappa shape index (κ1) is 22.1. The standard InChI is InChI=1S/C25H33N3O2/c1-6-25(4,5)14-18-11-19(12-18)23-13-22(28-30-23)17(3)10-24(29)27-21-8-7-16(2)9-20(21)15-26/h7-9,13,17-19H,6,10-12,14H2,1-5H3,(H,27,29). The number of rotatable bonds is 8. The van der Waals surface area contributed by atoms with Gasteiger partial charge in [-0.05, 0) is 55.2 Å². The van der Waals surface area contributed by atoms with Crippen molar-refractivity contribution in [3.63, 3.8) is 0 Å². The van der Waals surface area contributed by atoms with Crippen LogP contribution in [0.25, 0.3) is 0 Å². The van der Waals surface area contributed by atoms with Gasteiger partial charge in [0, 0.05) is 24.3 Å². The molecule has 1 saturated carbocycles. The molecule has 1 N–H and O–H groups in total. The maximum Gasteiger partial charge on any atom is 0.225 e. The highest BCUT2D eigenvalue weighted by molar-refractivity contribution is 5.92. The number of aromatic nitrogens is 1. The van der Waals surface area contributed by atoms with Crippen LogP contribution in [0.3, 0.4) is 0 Å². The van der Waals surface area contributed by atoms with E-state index in [9.17, 15) is 10.1 Å². The van der Waals surface area contributed by atoms with E-state index in [1.165, 1.54) is 12.8 Å². The van der Waals surface area contributed by atoms with Gasteiger partial charge < -0.3 is 9.84 Å². The molecule has 3 rings (SSSR count). The molecule has 160 valence electrons. The van der Waals surface area contributed by atoms with E-state index in [4.69, 9.17) is 4.52 Å². The van der Waals surface area contributed by atoms with Gasteiger partial charge in [0.05, 0.1) is 16.9 Å². The number of nitrogens with zero attached hydrogens (tertiary/aromatic N) is 2. The summed E-state index contributed by atoms with van der Waals surface area (Å²) in [6.45, 7) is 10.8. The number of carbonyl (C=O) groups excluding carboxylic acids is 1. The predicted molar refractivity (Wildman–Crippen MR) is 118 cm³/mol. The number of hydrogen-bond donors (Lipinski definition) is 1. The van der Waals surface area contributed by atoms with Crippen LogP contribution in [0.5, 0.6) is 0 Å². The van der Waals surface area contributed by atoms with Crippen LogP contribution in [0.2, 0.25) is 0 Å². The molecule has 30 heavy (non-hydrogen) atoms. The summed E-state index contributed by atoms with van der Waals surface area (Å²) in [5, 5.41) is 16.4. The van der Waals surface area contributed by atoms with Crippen molar-refractivity contribution in [1.82, 2.24) is 5.16 Å². The minimum absolute atomic E-state index is 0.0478. The summed E-state index contributed by atoms with van der Waals surface area (Å²) in [7, 11) is 0. The van der Waals surface area contributed by atoms with Gasteiger partial charge in [-0.1, -0.05) is 45.3 Å². The minimum Gasteiger partial charge on any atom is -0.361 e. The molecule has 0 bridgehead atoms. The van der Waals surface area contributed by atoms with Crippen LogP contribution < -0.4 is 5.32 Å². The quantitative estimate of drug-likeness (QED) is 0.556. The molecule has 1 amide bonds. The van der Waals surface area contributed by atoms with Gasteiger partial charge in [-0.25, -0.2) is 0 Å². The highest BCUT2D eigenvalue weighted by Crippen LogP contribution is 2.47. The minimum atomic E-state index is -0.127. The Morgan fingerprint density at radius 1 is 1.37 bits per heavy atom. The van der Waals surface area contributed by atoms with E-state index in [1.54, 1.807) is 12.1 Å². The Balaban J connectivity index is 1.53. The van der Waals surface area contributed by atoms with Gasteiger partial charge in [-0.2, -0.15) is 5.26 Å². The first-order chi connectivity index (χ1) is 14.2. The summed E-state index contributed by atoms with van der Waals surface area (Å²) >= 11 is 0. The second-order valence-corrected chi connectivity index (χ2v) is 9.72. The average Bonchev–Trinajstić information content (AvgIpc) is 3.15. The lowest BCUT2D eigenvalue weighted by Crippen LogP contribution is -2.26. The van der Waals surface area contributed by atoms with E-state index in [-0.39, 0.29) is 11.8 Å². The second kappa shape index (κ2) is 9.04. The number of carbonyl (C=O) groups is 1. The lowest BCUT2D eigenvalue weighted by Gasteiger charge is -2.38. The fraction of sp³-hybridized carbons (Fsp3) is 0.560. The Hall–Kier alpha value is -2.61. The fourth-order valence-corrected chi connectivity index (χ4v) is 4.23. The zero-order chi connectivity index (χ0) is 21.9. The van der Waals surface area contributed by atoms with Crippen LogP contribution in [0.15, 0.2) is 28.8 Å². The Morgan fingerprint density at radius 2 is 2.10 bits per heavy atom. The molecule has 1 fully saturated rings. The van der Waals surface area contributed by atoms with Crippen LogP contribution in [-0.4, -0.2) is 11.1 Å². The maximum absolute atomic E-state index is 12.5. The first-order valence-electron chi connectivity index (χ1n) is 11.0. The van der Waals surface area contributed by atoms with Crippen molar-refractivity contribution in [3.8, 4) is 6.07 Å². The number of hydrogen-bond acceptors (Lipinski definition) is 4. The first-order valence-corrected chi connectivity index (χ1v) is 11.0. The Kier molecular flexibility index (Phi) is 6.65. The third-order valence-corrected chi connectivity index (χ3v) is 6.55. The molecule has 1 aliphatic carbocycles. The zero-order valence-corrected chi connectivity index (χ0v) is 18.8. The molecule has 5 nitrogen and oxygen atoms in total. The van der Waals surface area contributed by atoms with Gasteiger partial charge in [0.1, 0.15) is 11.8 Å². The van der Waals surface area contributed by atoms with E-state index >= 15 is 0 Å². The number of aryl methyl sites for hydroxylation is 1. The van der Waals surface area contributed by atoms with Crippen LogP contribution in [0.4, 0.5) is 5.69 Å². The highest BCUT2D eigenvalue weighted by Gasteiger charge is 2.36. The van der Waals surface area contributed by atoms with E-state index < -0.39 is 0 Å². The summed E-state index contributed by atoms with van der Waals surface area (Å²) in [6.07, 6.45) is 5.09. The van der Waals surface area contributed by atoms with Crippen LogP contribution in [0.1, 0.15) is 94.2 Å². The normalized spacial score (nSPS) is 19.6. The van der Waals surface area contributed by atoms with Crippen LogP contribution >= 0.6 is 0 Å². The van der Waals surface area contributed by atoms with Crippen molar-refractivity contribution < 1.29 is 9.32 Å². The third-order valence-electron chi connectivity index (χ3n) is 6.55. The predicted octanol–water partition coefficient (Wildman–Crippen LogP) is 6.31. The van der Waals surface area contributed by atoms with E-state index in [2.05, 4.69) is 37.3 Å². The smallest absolute Gasteiger partial charge is 0.225 e. The molecule has 1 aliphatic rings. The van der Waals surface area contributed by atoms with Crippen LogP contribution in [-0.2, 0) is 4.79 Å². The van der Waals surface area contributed by atoms with Crippen molar-refractivity contribution in [2.75, 3.05) is 5.32 Å². The van der Waals surface area contributed by atoms with E-state index in [0.29, 0.717) is 29.0 Å². The largest absolute Gasteiger partial charge is 0.361 e. The van der Waals surface area contributed by atoms with Gasteiger partial charge in [0.15, 0.2) is 0 Å². The molecule has 1 aromatic heterocycles. The van der Waals surface area contributed by atoms with Crippen molar-refractivity contribution in [2.45, 2.75) is 78.6 Å². The second-order valence-electron chi connectivity index (χ2n) is 9.72. The Bertz CT molecular complexity index is 932. The molecule has 1 aromatic carbocycles. The number of nitriles is 1. The Labute approximate surface area is 179 Å². The number of amides is 1. The summed E-state index contributed by atoms with van der Waals surface area (Å²) in [5.74, 6) is 2.00. The van der Waals surface area contributed by atoms with Crippen molar-refractivity contribution in [3.05, 3.63) is 46.8 Å². The SMILES string of the molecule is CCC(C)(C)CC1CC(c2cc(C(C)CC(=O)Nc3ccc(C)cc3C#N)no2)C1. The summed E-state index contributed by atoms with van der Waals surface area (Å²) < 4.78 is 5.62. The van der Waals surface area contributed by atoms with Crippen molar-refractivity contribution in [1.29, 1.82) is 5.26 Å². The summed E-state index contributed by atoms with van der Waals surface area (Å²) in [4.78, 5) is 12.5. The Morgan fingerprint density at radius 3 is 2.77 bits per heavy atom. The lowest BCUT2D eigenvalue weighted by molar-refractivity contribution is -0.116. The van der Waals surface area contributed by atoms with Gasteiger partial charge in [-0.15, -0.1) is 0 Å². The molecule has 0 radical (unpaired) electrons. The molecule has 1 unspecified atom stereocenters. The number of nitrogens with one attached hydrogen (secondary N) is 1. The molecule has 0 saturated heterocycles. The molecule has 1 heterocycles. The van der Waals surface area contributed by atoms with Gasteiger partial charge in [-0.3, -0.25) is 4.79 Å². The molecular weight excluding hydrogens is 374 g/mol. The number of benzene rings is 1. The van der Waals surface area contributed by atoms with E-state index in [1.807, 2.05) is 26.0 Å². The van der Waals surface area contributed by atoms with Gasteiger partial charge >= 0.3 is 0 Å². The average molecular weight is 408 g/mol. The van der Waals surface area contributed by atoms with Crippen molar-refractivity contribution in [2.24, 2.45) is 11.3 Å². The van der Waals surface area contributed by atoms with Gasteiger partial charge in [0.25, 0.3) is 0 Å². The molecule has 1 atom stereocenters. The molecule has 5 heteroatoms. The molecule has 0 aliphatic heterocycles. The third kappa shape index (κ3) is 5.30. The topological polar surface area (TPSA) is 78.9 Å². The zero-order valence-electron chi connectivity index (χ0n) is 18.8.